The molecule has 1 aromatic rings. The first kappa shape index (κ1) is 11.6. The van der Waals surface area contributed by atoms with Crippen LogP contribution in [-0.2, 0) is 0 Å². The summed E-state index contributed by atoms with van der Waals surface area (Å²) >= 11 is 1.68. The van der Waals surface area contributed by atoms with Crippen molar-refractivity contribution in [2.45, 2.75) is 24.3 Å². The summed E-state index contributed by atoms with van der Waals surface area (Å²) in [7, 11) is 0. The van der Waals surface area contributed by atoms with Crippen LogP contribution in [0, 0.1) is 0 Å². The highest BCUT2D eigenvalue weighted by molar-refractivity contribution is 7.99. The molecule has 2 N–H and O–H groups in total. The van der Waals surface area contributed by atoms with Gasteiger partial charge in [-0.25, -0.2) is 0 Å². The van der Waals surface area contributed by atoms with Gasteiger partial charge < -0.3 is 10.2 Å². The molecule has 0 amide bonds. The average molecular weight is 212 g/mol. The summed E-state index contributed by atoms with van der Waals surface area (Å²) in [6, 6.07) is 7.83. The molecule has 2 nitrogen and oxygen atoms in total. The van der Waals surface area contributed by atoms with Gasteiger partial charge >= 0.3 is 0 Å². The summed E-state index contributed by atoms with van der Waals surface area (Å²) in [5.41, 5.74) is 0.968. The van der Waals surface area contributed by atoms with Crippen molar-refractivity contribution in [2.24, 2.45) is 0 Å². The first-order valence-corrected chi connectivity index (χ1v) is 5.75. The van der Waals surface area contributed by atoms with E-state index in [-0.39, 0.29) is 6.61 Å². The van der Waals surface area contributed by atoms with Crippen molar-refractivity contribution in [1.29, 1.82) is 0 Å². The summed E-state index contributed by atoms with van der Waals surface area (Å²) in [5.74, 6) is 0.889. The first-order chi connectivity index (χ1) is 6.75. The number of aliphatic hydroxyl groups excluding tert-OH is 2. The Labute approximate surface area is 89.0 Å². The van der Waals surface area contributed by atoms with Gasteiger partial charge in [0.05, 0.1) is 6.10 Å². The van der Waals surface area contributed by atoms with Gasteiger partial charge in [-0.2, -0.15) is 0 Å². The molecule has 0 heterocycles. The van der Waals surface area contributed by atoms with E-state index in [1.165, 1.54) is 0 Å². The fourth-order valence-corrected chi connectivity index (χ4v) is 2.28. The van der Waals surface area contributed by atoms with E-state index in [9.17, 15) is 5.11 Å². The summed E-state index contributed by atoms with van der Waals surface area (Å²) < 4.78 is 0. The SMILES string of the molecule is C[C@@H](O)c1ccccc1SCCCO. The van der Waals surface area contributed by atoms with Crippen molar-refractivity contribution in [3.63, 3.8) is 0 Å². The Morgan fingerprint density at radius 3 is 2.71 bits per heavy atom. The number of rotatable bonds is 5. The molecule has 0 aromatic heterocycles. The second-order valence-corrected chi connectivity index (χ2v) is 4.28. The van der Waals surface area contributed by atoms with Crippen LogP contribution >= 0.6 is 11.8 Å². The van der Waals surface area contributed by atoms with Crippen molar-refractivity contribution >= 4 is 11.8 Å². The zero-order chi connectivity index (χ0) is 10.4. The highest BCUT2D eigenvalue weighted by atomic mass is 32.2. The number of hydrogen-bond donors (Lipinski definition) is 2. The highest BCUT2D eigenvalue weighted by Crippen LogP contribution is 2.27. The third-order valence-corrected chi connectivity index (χ3v) is 3.10. The molecule has 1 atom stereocenters. The van der Waals surface area contributed by atoms with Gasteiger partial charge in [0.25, 0.3) is 0 Å². The molecule has 0 bridgehead atoms. The Morgan fingerprint density at radius 2 is 2.07 bits per heavy atom. The lowest BCUT2D eigenvalue weighted by Crippen LogP contribution is -1.94. The second-order valence-electron chi connectivity index (χ2n) is 3.14. The van der Waals surface area contributed by atoms with Crippen LogP contribution in [0.2, 0.25) is 0 Å². The predicted octanol–water partition coefficient (Wildman–Crippen LogP) is 2.21. The molecule has 0 spiro atoms. The molecule has 0 saturated heterocycles. The van der Waals surface area contributed by atoms with Crippen molar-refractivity contribution in [2.75, 3.05) is 12.4 Å². The highest BCUT2D eigenvalue weighted by Gasteiger charge is 2.06. The summed E-state index contributed by atoms with van der Waals surface area (Å²) in [6.45, 7) is 2.00. The van der Waals surface area contributed by atoms with E-state index >= 15 is 0 Å². The van der Waals surface area contributed by atoms with Crippen LogP contribution in [0.15, 0.2) is 29.2 Å². The van der Waals surface area contributed by atoms with Gasteiger partial charge in [0, 0.05) is 17.3 Å². The van der Waals surface area contributed by atoms with Crippen LogP contribution < -0.4 is 0 Å². The minimum atomic E-state index is -0.423. The molecule has 1 rings (SSSR count). The van der Waals surface area contributed by atoms with Crippen molar-refractivity contribution in [3.8, 4) is 0 Å². The lowest BCUT2D eigenvalue weighted by molar-refractivity contribution is 0.196. The van der Waals surface area contributed by atoms with E-state index < -0.39 is 6.10 Å². The molecule has 14 heavy (non-hydrogen) atoms. The standard InChI is InChI=1S/C11H16O2S/c1-9(13)10-5-2-3-6-11(10)14-8-4-7-12/h2-3,5-6,9,12-13H,4,7-8H2,1H3/t9-/m1/s1. The zero-order valence-corrected chi connectivity index (χ0v) is 9.13. The molecular formula is C11H16O2S. The van der Waals surface area contributed by atoms with Gasteiger partial charge in [-0.3, -0.25) is 0 Å². The zero-order valence-electron chi connectivity index (χ0n) is 8.31. The fourth-order valence-electron chi connectivity index (χ4n) is 1.20. The van der Waals surface area contributed by atoms with E-state index in [0.29, 0.717) is 0 Å². The van der Waals surface area contributed by atoms with E-state index in [1.54, 1.807) is 18.7 Å². The third-order valence-electron chi connectivity index (χ3n) is 1.93. The number of thioether (sulfide) groups is 1. The Morgan fingerprint density at radius 1 is 1.36 bits per heavy atom. The summed E-state index contributed by atoms with van der Waals surface area (Å²) in [4.78, 5) is 1.11. The Balaban J connectivity index is 2.64. The second kappa shape index (κ2) is 6.06. The number of hydrogen-bond acceptors (Lipinski definition) is 3. The van der Waals surface area contributed by atoms with Crippen LogP contribution in [0.1, 0.15) is 25.0 Å². The maximum absolute atomic E-state index is 9.50. The normalized spacial score (nSPS) is 12.8. The monoisotopic (exact) mass is 212 g/mol. The Hall–Kier alpha value is -0.510. The van der Waals surface area contributed by atoms with E-state index in [0.717, 1.165) is 22.6 Å². The van der Waals surface area contributed by atoms with E-state index in [2.05, 4.69) is 0 Å². The molecule has 1 aromatic carbocycles. The molecule has 0 unspecified atom stereocenters. The summed E-state index contributed by atoms with van der Waals surface area (Å²) in [6.07, 6.45) is 0.367. The Kier molecular flexibility index (Phi) is 5.01. The lowest BCUT2D eigenvalue weighted by atomic mass is 10.1. The first-order valence-electron chi connectivity index (χ1n) is 4.76. The molecule has 3 heteroatoms. The summed E-state index contributed by atoms with van der Waals surface area (Å²) in [5, 5.41) is 18.2. The van der Waals surface area contributed by atoms with Crippen molar-refractivity contribution in [1.82, 2.24) is 0 Å². The predicted molar refractivity (Wildman–Crippen MR) is 59.5 cm³/mol. The topological polar surface area (TPSA) is 40.5 Å². The van der Waals surface area contributed by atoms with Crippen LogP contribution in [0.3, 0.4) is 0 Å². The number of benzene rings is 1. The third kappa shape index (κ3) is 3.33. The van der Waals surface area contributed by atoms with Gasteiger partial charge in [0.1, 0.15) is 0 Å². The van der Waals surface area contributed by atoms with Gasteiger partial charge in [-0.1, -0.05) is 18.2 Å². The fraction of sp³-hybridized carbons (Fsp3) is 0.455. The molecule has 0 radical (unpaired) electrons. The van der Waals surface area contributed by atoms with Crippen LogP contribution in [0.25, 0.3) is 0 Å². The average Bonchev–Trinajstić information content (AvgIpc) is 2.19. The minimum Gasteiger partial charge on any atom is -0.396 e. The van der Waals surface area contributed by atoms with Crippen molar-refractivity contribution < 1.29 is 10.2 Å². The van der Waals surface area contributed by atoms with Crippen LogP contribution in [-0.4, -0.2) is 22.6 Å². The van der Waals surface area contributed by atoms with Crippen LogP contribution in [0.5, 0.6) is 0 Å². The maximum Gasteiger partial charge on any atom is 0.0772 e. The lowest BCUT2D eigenvalue weighted by Gasteiger charge is -2.10. The molecule has 0 fully saturated rings. The van der Waals surface area contributed by atoms with Gasteiger partial charge in [0.2, 0.25) is 0 Å². The number of aliphatic hydroxyl groups is 2. The molecule has 78 valence electrons. The van der Waals surface area contributed by atoms with Gasteiger partial charge in [-0.05, 0) is 25.0 Å². The smallest absolute Gasteiger partial charge is 0.0772 e. The van der Waals surface area contributed by atoms with Crippen LogP contribution in [0.4, 0.5) is 0 Å². The maximum atomic E-state index is 9.50. The molecule has 0 aliphatic rings. The van der Waals surface area contributed by atoms with Crippen molar-refractivity contribution in [3.05, 3.63) is 29.8 Å². The molecule has 0 saturated carbocycles. The largest absolute Gasteiger partial charge is 0.396 e. The van der Waals surface area contributed by atoms with E-state index in [4.69, 9.17) is 5.11 Å². The van der Waals surface area contributed by atoms with Gasteiger partial charge in [-0.15, -0.1) is 11.8 Å². The molecular weight excluding hydrogens is 196 g/mol. The minimum absolute atomic E-state index is 0.226. The van der Waals surface area contributed by atoms with E-state index in [1.807, 2.05) is 24.3 Å². The Bertz CT molecular complexity index is 274. The quantitative estimate of drug-likeness (QED) is 0.581. The molecule has 0 aliphatic carbocycles. The van der Waals surface area contributed by atoms with Gasteiger partial charge in [0.15, 0.2) is 0 Å². The molecule has 0 aliphatic heterocycles.